The predicted octanol–water partition coefficient (Wildman–Crippen LogP) is 5.98. The number of unbranched alkanes of at least 4 members (excludes halogenated alkanes) is 4. The Kier molecular flexibility index (Phi) is 7.40. The zero-order chi connectivity index (χ0) is 20.8. The van der Waals surface area contributed by atoms with Gasteiger partial charge in [-0.05, 0) is 43.7 Å². The number of nitrogens with zero attached hydrogens (tertiary/aromatic N) is 3. The van der Waals surface area contributed by atoms with E-state index in [0.29, 0.717) is 28.0 Å². The van der Waals surface area contributed by atoms with Crippen LogP contribution in [0.4, 0.5) is 0 Å². The summed E-state index contributed by atoms with van der Waals surface area (Å²) in [6.45, 7) is 4.74. The molecule has 3 rings (SSSR count). The standard InChI is InChI=1S/C22H26Cl2N4O/c1-3-4-5-6-7-12-25-21(29)20-16(2)22(27-13-8-9-14-27)28(26-20)19-11-10-17(23)15-18(19)24/h8-11,13-15H,3-7,12H2,1-2H3,(H,25,29). The molecule has 29 heavy (non-hydrogen) atoms. The maximum Gasteiger partial charge on any atom is 0.272 e. The molecule has 0 radical (unpaired) electrons. The number of carbonyl (C=O) groups is 1. The maximum atomic E-state index is 12.8. The van der Waals surface area contributed by atoms with Crippen LogP contribution in [0.2, 0.25) is 10.0 Å². The van der Waals surface area contributed by atoms with Crippen molar-refractivity contribution in [2.24, 2.45) is 0 Å². The summed E-state index contributed by atoms with van der Waals surface area (Å²) in [5.74, 6) is 0.600. The second kappa shape index (κ2) is 9.99. The summed E-state index contributed by atoms with van der Waals surface area (Å²) in [5.41, 5.74) is 1.85. The van der Waals surface area contributed by atoms with Gasteiger partial charge in [0.05, 0.1) is 10.7 Å². The van der Waals surface area contributed by atoms with Crippen LogP contribution >= 0.6 is 23.2 Å². The van der Waals surface area contributed by atoms with E-state index in [1.54, 1.807) is 22.9 Å². The Labute approximate surface area is 181 Å². The summed E-state index contributed by atoms with van der Waals surface area (Å²) in [4.78, 5) is 12.8. The molecule has 1 amide bonds. The molecule has 0 atom stereocenters. The molecule has 0 spiro atoms. The molecule has 0 aliphatic carbocycles. The van der Waals surface area contributed by atoms with Crippen molar-refractivity contribution in [3.8, 4) is 11.5 Å². The molecule has 7 heteroatoms. The molecular formula is C22H26Cl2N4O. The Hall–Kier alpha value is -2.24. The normalized spacial score (nSPS) is 11.0. The van der Waals surface area contributed by atoms with Gasteiger partial charge >= 0.3 is 0 Å². The Morgan fingerprint density at radius 3 is 2.52 bits per heavy atom. The summed E-state index contributed by atoms with van der Waals surface area (Å²) in [6.07, 6.45) is 9.57. The monoisotopic (exact) mass is 432 g/mol. The van der Waals surface area contributed by atoms with E-state index in [4.69, 9.17) is 23.2 Å². The molecule has 0 saturated heterocycles. The number of rotatable bonds is 9. The van der Waals surface area contributed by atoms with Gasteiger partial charge in [0.25, 0.3) is 5.91 Å². The van der Waals surface area contributed by atoms with Crippen LogP contribution in [0, 0.1) is 6.92 Å². The fourth-order valence-corrected chi connectivity index (χ4v) is 3.81. The molecule has 0 unspecified atom stereocenters. The van der Waals surface area contributed by atoms with Gasteiger partial charge < -0.3 is 9.88 Å². The summed E-state index contributed by atoms with van der Waals surface area (Å²) < 4.78 is 3.62. The van der Waals surface area contributed by atoms with Gasteiger partial charge in [-0.3, -0.25) is 4.79 Å². The number of carbonyl (C=O) groups excluding carboxylic acids is 1. The van der Waals surface area contributed by atoms with E-state index in [2.05, 4.69) is 17.3 Å². The molecule has 1 aromatic carbocycles. The second-order valence-electron chi connectivity index (χ2n) is 7.07. The molecule has 3 aromatic rings. The van der Waals surface area contributed by atoms with E-state index in [0.717, 1.165) is 24.2 Å². The summed E-state index contributed by atoms with van der Waals surface area (Å²) >= 11 is 12.5. The minimum atomic E-state index is -0.171. The number of amides is 1. The van der Waals surface area contributed by atoms with E-state index in [9.17, 15) is 4.79 Å². The summed E-state index contributed by atoms with van der Waals surface area (Å²) in [5, 5.41) is 8.63. The van der Waals surface area contributed by atoms with E-state index in [1.807, 2.05) is 36.0 Å². The van der Waals surface area contributed by atoms with Crippen molar-refractivity contribution < 1.29 is 4.79 Å². The van der Waals surface area contributed by atoms with E-state index < -0.39 is 0 Å². The van der Waals surface area contributed by atoms with Crippen LogP contribution in [0.25, 0.3) is 11.5 Å². The molecule has 154 valence electrons. The lowest BCUT2D eigenvalue weighted by molar-refractivity contribution is 0.0947. The smallest absolute Gasteiger partial charge is 0.272 e. The third-order valence-corrected chi connectivity index (χ3v) is 5.40. The highest BCUT2D eigenvalue weighted by Gasteiger charge is 2.22. The Morgan fingerprint density at radius 1 is 1.10 bits per heavy atom. The van der Waals surface area contributed by atoms with Gasteiger partial charge in [0, 0.05) is 29.5 Å². The first-order valence-electron chi connectivity index (χ1n) is 9.99. The lowest BCUT2D eigenvalue weighted by Crippen LogP contribution is -2.25. The van der Waals surface area contributed by atoms with Crippen molar-refractivity contribution in [3.05, 3.63) is 64.0 Å². The third kappa shape index (κ3) is 5.03. The van der Waals surface area contributed by atoms with Crippen molar-refractivity contribution >= 4 is 29.1 Å². The Morgan fingerprint density at radius 2 is 1.83 bits per heavy atom. The Balaban J connectivity index is 1.88. The first kappa shape index (κ1) is 21.5. The lowest BCUT2D eigenvalue weighted by atomic mass is 10.1. The van der Waals surface area contributed by atoms with Crippen LogP contribution in [0.1, 0.15) is 55.1 Å². The van der Waals surface area contributed by atoms with Gasteiger partial charge in [-0.2, -0.15) is 5.10 Å². The topological polar surface area (TPSA) is 51.9 Å². The number of halogens is 2. The third-order valence-electron chi connectivity index (χ3n) is 4.86. The number of hydrogen-bond acceptors (Lipinski definition) is 2. The van der Waals surface area contributed by atoms with E-state index in [-0.39, 0.29) is 5.91 Å². The van der Waals surface area contributed by atoms with Gasteiger partial charge in [-0.15, -0.1) is 0 Å². The van der Waals surface area contributed by atoms with Crippen molar-refractivity contribution in [2.75, 3.05) is 6.54 Å². The van der Waals surface area contributed by atoms with Gasteiger partial charge in [0.2, 0.25) is 0 Å². The van der Waals surface area contributed by atoms with E-state index >= 15 is 0 Å². The van der Waals surface area contributed by atoms with Crippen molar-refractivity contribution in [1.82, 2.24) is 19.7 Å². The highest BCUT2D eigenvalue weighted by molar-refractivity contribution is 6.35. The molecule has 0 aliphatic heterocycles. The lowest BCUT2D eigenvalue weighted by Gasteiger charge is -2.11. The molecule has 0 bridgehead atoms. The number of hydrogen-bond donors (Lipinski definition) is 1. The molecule has 2 heterocycles. The van der Waals surface area contributed by atoms with Crippen LogP contribution in [0.15, 0.2) is 42.7 Å². The predicted molar refractivity (Wildman–Crippen MR) is 119 cm³/mol. The quantitative estimate of drug-likeness (QED) is 0.422. The Bertz CT molecular complexity index is 964. The molecule has 0 fully saturated rings. The van der Waals surface area contributed by atoms with Crippen LogP contribution in [0.3, 0.4) is 0 Å². The molecule has 0 aliphatic rings. The average Bonchev–Trinajstić information content (AvgIpc) is 3.32. The largest absolute Gasteiger partial charge is 0.351 e. The van der Waals surface area contributed by atoms with Crippen LogP contribution in [-0.4, -0.2) is 26.8 Å². The number of nitrogens with one attached hydrogen (secondary N) is 1. The summed E-state index contributed by atoms with van der Waals surface area (Å²) in [7, 11) is 0. The second-order valence-corrected chi connectivity index (χ2v) is 7.91. The maximum absolute atomic E-state index is 12.8. The van der Waals surface area contributed by atoms with Crippen LogP contribution < -0.4 is 5.32 Å². The fraction of sp³-hybridized carbons (Fsp3) is 0.364. The first-order valence-corrected chi connectivity index (χ1v) is 10.7. The SMILES string of the molecule is CCCCCCCNC(=O)c1nn(-c2ccc(Cl)cc2Cl)c(-n2cccc2)c1C. The van der Waals surface area contributed by atoms with Crippen LogP contribution in [-0.2, 0) is 0 Å². The van der Waals surface area contributed by atoms with Gasteiger partial charge in [-0.1, -0.05) is 55.8 Å². The summed E-state index contributed by atoms with van der Waals surface area (Å²) in [6, 6.07) is 9.09. The molecule has 0 saturated carbocycles. The van der Waals surface area contributed by atoms with Crippen molar-refractivity contribution in [1.29, 1.82) is 0 Å². The van der Waals surface area contributed by atoms with Gasteiger partial charge in [0.1, 0.15) is 5.82 Å². The zero-order valence-corrected chi connectivity index (χ0v) is 18.3. The van der Waals surface area contributed by atoms with Crippen molar-refractivity contribution in [3.63, 3.8) is 0 Å². The highest BCUT2D eigenvalue weighted by Crippen LogP contribution is 2.29. The fourth-order valence-electron chi connectivity index (χ4n) is 3.32. The first-order chi connectivity index (χ1) is 14.0. The molecule has 5 nitrogen and oxygen atoms in total. The van der Waals surface area contributed by atoms with Crippen LogP contribution in [0.5, 0.6) is 0 Å². The molecule has 1 N–H and O–H groups in total. The van der Waals surface area contributed by atoms with Gasteiger partial charge in [-0.25, -0.2) is 4.68 Å². The molecule has 2 aromatic heterocycles. The zero-order valence-electron chi connectivity index (χ0n) is 16.8. The van der Waals surface area contributed by atoms with E-state index in [1.165, 1.54) is 19.3 Å². The van der Waals surface area contributed by atoms with Gasteiger partial charge in [0.15, 0.2) is 5.69 Å². The number of aromatic nitrogens is 3. The number of benzene rings is 1. The average molecular weight is 433 g/mol. The van der Waals surface area contributed by atoms with Crippen molar-refractivity contribution in [2.45, 2.75) is 46.0 Å². The minimum absolute atomic E-state index is 0.171. The molecular weight excluding hydrogens is 407 g/mol. The highest BCUT2D eigenvalue weighted by atomic mass is 35.5. The minimum Gasteiger partial charge on any atom is -0.351 e.